The van der Waals surface area contributed by atoms with Crippen molar-refractivity contribution in [3.63, 3.8) is 0 Å². The summed E-state index contributed by atoms with van der Waals surface area (Å²) in [6.07, 6.45) is 4.32. The fourth-order valence-electron chi connectivity index (χ4n) is 2.92. The maximum Gasteiger partial charge on any atom is 0.198 e. The number of hydrogen-bond donors (Lipinski definition) is 0. The molecule has 8 heteroatoms. The number of benzene rings is 1. The van der Waals surface area contributed by atoms with Crippen molar-refractivity contribution in [1.29, 1.82) is 0 Å². The second kappa shape index (κ2) is 6.32. The van der Waals surface area contributed by atoms with Crippen LogP contribution in [0.2, 0.25) is 5.15 Å². The molecule has 0 saturated heterocycles. The quantitative estimate of drug-likeness (QED) is 0.583. The minimum atomic E-state index is -0.292. The van der Waals surface area contributed by atoms with Crippen LogP contribution in [-0.4, -0.2) is 24.7 Å². The fraction of sp³-hybridized carbons (Fsp3) is 0.333. The van der Waals surface area contributed by atoms with Crippen LogP contribution in [0.5, 0.6) is 0 Å². The summed E-state index contributed by atoms with van der Waals surface area (Å²) in [6.45, 7) is 0. The maximum atomic E-state index is 14.3. The molecular formula is C18H15ClFN5S. The molecule has 2 heterocycles. The van der Waals surface area contributed by atoms with Gasteiger partial charge in [0, 0.05) is 18.0 Å². The van der Waals surface area contributed by atoms with Crippen LogP contribution in [0.25, 0.3) is 11.4 Å². The van der Waals surface area contributed by atoms with E-state index in [1.165, 1.54) is 17.8 Å². The zero-order valence-electron chi connectivity index (χ0n) is 13.8. The van der Waals surface area contributed by atoms with Crippen molar-refractivity contribution in [1.82, 2.24) is 24.7 Å². The van der Waals surface area contributed by atoms with E-state index in [-0.39, 0.29) is 5.82 Å². The normalized spacial score (nSPS) is 16.8. The molecule has 0 N–H and O–H groups in total. The van der Waals surface area contributed by atoms with Crippen LogP contribution in [0, 0.1) is 5.82 Å². The van der Waals surface area contributed by atoms with Crippen molar-refractivity contribution in [2.45, 2.75) is 47.8 Å². The van der Waals surface area contributed by atoms with Crippen LogP contribution >= 0.6 is 23.4 Å². The summed E-state index contributed by atoms with van der Waals surface area (Å²) in [6, 6.07) is 8.71. The highest BCUT2D eigenvalue weighted by Crippen LogP contribution is 2.43. The SMILES string of the molecule is Fc1ccccc1-c1nnc(Sc2cc(Cl)nc(C3CC3)n2)n1C1CC1. The second-order valence-corrected chi connectivity index (χ2v) is 8.03. The molecule has 0 unspecified atom stereocenters. The molecule has 0 spiro atoms. The van der Waals surface area contributed by atoms with Gasteiger partial charge < -0.3 is 0 Å². The lowest BCUT2D eigenvalue weighted by Gasteiger charge is -2.09. The standard InChI is InChI=1S/C18H15ClFN5S/c19-14-9-15(22-16(21-14)10-5-6-10)26-18-24-23-17(25(18)11-7-8-11)12-3-1-2-4-13(12)20/h1-4,9-11H,5-8H2. The first-order valence-corrected chi connectivity index (χ1v) is 9.80. The molecule has 5 nitrogen and oxygen atoms in total. The predicted octanol–water partition coefficient (Wildman–Crippen LogP) is 4.89. The van der Waals surface area contributed by atoms with Gasteiger partial charge in [0.05, 0.1) is 5.56 Å². The van der Waals surface area contributed by atoms with Gasteiger partial charge in [0.25, 0.3) is 0 Å². The van der Waals surface area contributed by atoms with Crippen LogP contribution in [0.1, 0.15) is 43.5 Å². The summed E-state index contributed by atoms with van der Waals surface area (Å²) in [5.41, 5.74) is 0.470. The van der Waals surface area contributed by atoms with Crippen LogP contribution in [-0.2, 0) is 0 Å². The van der Waals surface area contributed by atoms with Gasteiger partial charge in [-0.25, -0.2) is 14.4 Å². The first-order chi connectivity index (χ1) is 12.7. The van der Waals surface area contributed by atoms with E-state index in [9.17, 15) is 4.39 Å². The van der Waals surface area contributed by atoms with Gasteiger partial charge in [-0.15, -0.1) is 10.2 Å². The van der Waals surface area contributed by atoms with Crippen LogP contribution in [0.3, 0.4) is 0 Å². The Labute approximate surface area is 159 Å². The Morgan fingerprint density at radius 3 is 2.62 bits per heavy atom. The number of hydrogen-bond acceptors (Lipinski definition) is 5. The second-order valence-electron chi connectivity index (χ2n) is 6.65. The first-order valence-electron chi connectivity index (χ1n) is 8.61. The maximum absolute atomic E-state index is 14.3. The average Bonchev–Trinajstić information content (AvgIpc) is 3.53. The van der Waals surface area contributed by atoms with Crippen molar-refractivity contribution in [3.05, 3.63) is 47.1 Å². The molecule has 2 aromatic heterocycles. The topological polar surface area (TPSA) is 56.5 Å². The Bertz CT molecular complexity index is 983. The molecule has 26 heavy (non-hydrogen) atoms. The zero-order chi connectivity index (χ0) is 17.7. The van der Waals surface area contributed by atoms with Crippen LogP contribution in [0.4, 0.5) is 4.39 Å². The van der Waals surface area contributed by atoms with E-state index in [1.54, 1.807) is 18.2 Å². The van der Waals surface area contributed by atoms with E-state index in [1.807, 2.05) is 10.6 Å². The molecule has 2 aliphatic rings. The summed E-state index contributed by atoms with van der Waals surface area (Å²) in [5, 5.41) is 10.5. The third-order valence-corrected chi connectivity index (χ3v) is 5.59. The van der Waals surface area contributed by atoms with Gasteiger partial charge in [0.1, 0.15) is 21.8 Å². The zero-order valence-corrected chi connectivity index (χ0v) is 15.3. The van der Waals surface area contributed by atoms with Gasteiger partial charge in [-0.1, -0.05) is 23.7 Å². The van der Waals surface area contributed by atoms with Gasteiger partial charge in [0.2, 0.25) is 0 Å². The van der Waals surface area contributed by atoms with Gasteiger partial charge in [0.15, 0.2) is 11.0 Å². The van der Waals surface area contributed by atoms with Crippen LogP contribution in [0.15, 0.2) is 40.5 Å². The molecule has 2 saturated carbocycles. The van der Waals surface area contributed by atoms with E-state index in [2.05, 4.69) is 20.2 Å². The Morgan fingerprint density at radius 2 is 1.88 bits per heavy atom. The van der Waals surface area contributed by atoms with Gasteiger partial charge in [-0.05, 0) is 49.6 Å². The Kier molecular flexibility index (Phi) is 3.94. The summed E-state index contributed by atoms with van der Waals surface area (Å²) >= 11 is 7.58. The molecule has 0 atom stereocenters. The number of halogens is 2. The van der Waals surface area contributed by atoms with E-state index < -0.39 is 0 Å². The fourth-order valence-corrected chi connectivity index (χ4v) is 4.09. The highest BCUT2D eigenvalue weighted by molar-refractivity contribution is 7.99. The van der Waals surface area contributed by atoms with Crippen LogP contribution < -0.4 is 0 Å². The molecule has 2 aliphatic carbocycles. The monoisotopic (exact) mass is 387 g/mol. The summed E-state index contributed by atoms with van der Waals surface area (Å²) in [7, 11) is 0. The van der Waals surface area contributed by atoms with E-state index >= 15 is 0 Å². The Balaban J connectivity index is 1.53. The van der Waals surface area contributed by atoms with Crippen molar-refractivity contribution in [2.75, 3.05) is 0 Å². The minimum Gasteiger partial charge on any atom is -0.299 e. The molecule has 3 aromatic rings. The molecule has 5 rings (SSSR count). The van der Waals surface area contributed by atoms with Crippen molar-refractivity contribution < 1.29 is 4.39 Å². The van der Waals surface area contributed by atoms with Gasteiger partial charge in [-0.3, -0.25) is 4.57 Å². The lowest BCUT2D eigenvalue weighted by Crippen LogP contribution is -2.01. The number of nitrogens with zero attached hydrogens (tertiary/aromatic N) is 5. The van der Waals surface area contributed by atoms with E-state index in [0.29, 0.717) is 33.7 Å². The Morgan fingerprint density at radius 1 is 1.08 bits per heavy atom. The lowest BCUT2D eigenvalue weighted by molar-refractivity contribution is 0.622. The van der Waals surface area contributed by atoms with Crippen molar-refractivity contribution >= 4 is 23.4 Å². The lowest BCUT2D eigenvalue weighted by atomic mass is 10.2. The Hall–Kier alpha value is -1.99. The first kappa shape index (κ1) is 16.2. The number of rotatable bonds is 5. The molecule has 0 radical (unpaired) electrons. The average molecular weight is 388 g/mol. The summed E-state index contributed by atoms with van der Waals surface area (Å²) in [4.78, 5) is 8.94. The molecule has 0 bridgehead atoms. The molecule has 1 aromatic carbocycles. The highest BCUT2D eigenvalue weighted by Gasteiger charge is 2.32. The van der Waals surface area contributed by atoms with E-state index in [0.717, 1.165) is 36.5 Å². The molecular weight excluding hydrogens is 373 g/mol. The van der Waals surface area contributed by atoms with Crippen molar-refractivity contribution in [3.8, 4) is 11.4 Å². The molecule has 132 valence electrons. The molecule has 0 aliphatic heterocycles. The predicted molar refractivity (Wildman–Crippen MR) is 96.8 cm³/mol. The smallest absolute Gasteiger partial charge is 0.198 e. The van der Waals surface area contributed by atoms with Gasteiger partial charge >= 0.3 is 0 Å². The third-order valence-electron chi connectivity index (χ3n) is 4.52. The minimum absolute atomic E-state index is 0.292. The molecule has 2 fully saturated rings. The summed E-state index contributed by atoms with van der Waals surface area (Å²) in [5.74, 6) is 1.49. The summed E-state index contributed by atoms with van der Waals surface area (Å²) < 4.78 is 16.3. The third kappa shape index (κ3) is 3.10. The van der Waals surface area contributed by atoms with E-state index in [4.69, 9.17) is 11.6 Å². The van der Waals surface area contributed by atoms with Crippen molar-refractivity contribution in [2.24, 2.45) is 0 Å². The highest BCUT2D eigenvalue weighted by atomic mass is 35.5. The number of aromatic nitrogens is 5. The molecule has 0 amide bonds. The largest absolute Gasteiger partial charge is 0.299 e. The van der Waals surface area contributed by atoms with Gasteiger partial charge in [-0.2, -0.15) is 0 Å².